The molecule has 1 amide bonds. The van der Waals surface area contributed by atoms with E-state index in [1.807, 2.05) is 18.2 Å². The molecular formula is C16H16N4O3S. The van der Waals surface area contributed by atoms with E-state index >= 15 is 0 Å². The quantitative estimate of drug-likeness (QED) is 0.770. The van der Waals surface area contributed by atoms with Crippen molar-refractivity contribution in [1.29, 1.82) is 0 Å². The third kappa shape index (κ3) is 3.23. The van der Waals surface area contributed by atoms with Crippen molar-refractivity contribution in [3.05, 3.63) is 41.5 Å². The Morgan fingerprint density at radius 1 is 1.21 bits per heavy atom. The first-order valence-corrected chi connectivity index (χ1v) is 7.97. The van der Waals surface area contributed by atoms with E-state index in [1.165, 1.54) is 11.3 Å². The Labute approximate surface area is 142 Å². The molecule has 0 saturated carbocycles. The number of anilines is 1. The largest absolute Gasteiger partial charge is 0.493 e. The van der Waals surface area contributed by atoms with Gasteiger partial charge in [-0.15, -0.1) is 11.3 Å². The summed E-state index contributed by atoms with van der Waals surface area (Å²) in [6, 6.07) is 7.24. The lowest BCUT2D eigenvalue weighted by Gasteiger charge is -2.08. The Morgan fingerprint density at radius 2 is 2.00 bits per heavy atom. The summed E-state index contributed by atoms with van der Waals surface area (Å²) in [7, 11) is 4.95. The summed E-state index contributed by atoms with van der Waals surface area (Å²) in [5.41, 5.74) is 1.20. The van der Waals surface area contributed by atoms with E-state index < -0.39 is 0 Å². The molecule has 0 radical (unpaired) electrons. The highest BCUT2D eigenvalue weighted by Crippen LogP contribution is 2.33. The lowest BCUT2D eigenvalue weighted by Crippen LogP contribution is -2.12. The number of ether oxygens (including phenoxy) is 2. The van der Waals surface area contributed by atoms with Crippen molar-refractivity contribution in [2.75, 3.05) is 19.5 Å². The third-order valence-electron chi connectivity index (χ3n) is 3.32. The molecule has 2 heterocycles. The molecule has 0 spiro atoms. The molecule has 0 atom stereocenters. The van der Waals surface area contributed by atoms with Gasteiger partial charge in [-0.05, 0) is 18.2 Å². The molecule has 0 aliphatic heterocycles. The minimum Gasteiger partial charge on any atom is -0.493 e. The Hall–Kier alpha value is -2.87. The highest BCUT2D eigenvalue weighted by atomic mass is 32.1. The maximum atomic E-state index is 12.2. The first-order chi connectivity index (χ1) is 11.6. The van der Waals surface area contributed by atoms with Gasteiger partial charge in [0.1, 0.15) is 10.7 Å². The second kappa shape index (κ2) is 6.71. The summed E-state index contributed by atoms with van der Waals surface area (Å²) in [5.74, 6) is 1.45. The van der Waals surface area contributed by atoms with Crippen molar-refractivity contribution in [1.82, 2.24) is 14.8 Å². The van der Waals surface area contributed by atoms with E-state index in [-0.39, 0.29) is 5.91 Å². The third-order valence-corrected chi connectivity index (χ3v) is 4.21. The van der Waals surface area contributed by atoms with E-state index in [0.717, 1.165) is 10.6 Å². The zero-order chi connectivity index (χ0) is 17.1. The van der Waals surface area contributed by atoms with Crippen molar-refractivity contribution in [2.24, 2.45) is 7.05 Å². The molecule has 0 saturated heterocycles. The number of hydrogen-bond acceptors (Lipinski definition) is 6. The van der Waals surface area contributed by atoms with Gasteiger partial charge in [-0.3, -0.25) is 9.48 Å². The summed E-state index contributed by atoms with van der Waals surface area (Å²) in [6.07, 6.45) is 1.76. The molecule has 7 nitrogen and oxygen atoms in total. The first kappa shape index (κ1) is 16.0. The summed E-state index contributed by atoms with van der Waals surface area (Å²) in [4.78, 5) is 16.6. The predicted octanol–water partition coefficient (Wildman–Crippen LogP) is 2.81. The Balaban J connectivity index is 1.81. The van der Waals surface area contributed by atoms with E-state index in [0.29, 0.717) is 23.0 Å². The van der Waals surface area contributed by atoms with Gasteiger partial charge >= 0.3 is 0 Å². The minimum absolute atomic E-state index is 0.295. The number of carbonyl (C=O) groups excluding carboxylic acids is 1. The van der Waals surface area contributed by atoms with Crippen LogP contribution >= 0.6 is 11.3 Å². The van der Waals surface area contributed by atoms with Crippen LogP contribution in [0.25, 0.3) is 10.6 Å². The summed E-state index contributed by atoms with van der Waals surface area (Å²) >= 11 is 1.39. The summed E-state index contributed by atoms with van der Waals surface area (Å²) in [6.45, 7) is 0. The van der Waals surface area contributed by atoms with Gasteiger partial charge in [0.05, 0.1) is 14.2 Å². The van der Waals surface area contributed by atoms with Gasteiger partial charge in [0.15, 0.2) is 17.3 Å². The van der Waals surface area contributed by atoms with Gasteiger partial charge in [0, 0.05) is 30.3 Å². The van der Waals surface area contributed by atoms with Crippen molar-refractivity contribution < 1.29 is 14.3 Å². The van der Waals surface area contributed by atoms with E-state index in [4.69, 9.17) is 9.47 Å². The average molecular weight is 344 g/mol. The molecule has 2 aromatic heterocycles. The molecule has 0 aliphatic rings. The van der Waals surface area contributed by atoms with Crippen LogP contribution in [0.1, 0.15) is 10.5 Å². The second-order valence-corrected chi connectivity index (χ2v) is 5.79. The second-order valence-electron chi connectivity index (χ2n) is 4.94. The Morgan fingerprint density at radius 3 is 2.67 bits per heavy atom. The Kier molecular flexibility index (Phi) is 4.48. The van der Waals surface area contributed by atoms with Crippen LogP contribution in [0, 0.1) is 0 Å². The van der Waals surface area contributed by atoms with Gasteiger partial charge in [-0.1, -0.05) is 0 Å². The fourth-order valence-electron chi connectivity index (χ4n) is 2.14. The highest BCUT2D eigenvalue weighted by molar-refractivity contribution is 7.13. The maximum absolute atomic E-state index is 12.2. The predicted molar refractivity (Wildman–Crippen MR) is 91.8 cm³/mol. The standard InChI is InChI=1S/C16H16N4O3S/c1-20-7-6-14(19-20)18-15(21)11-9-24-16(17-11)10-4-5-12(22-2)13(8-10)23-3/h4-9H,1-3H3,(H,18,19,21). The monoisotopic (exact) mass is 344 g/mol. The van der Waals surface area contributed by atoms with Crippen molar-refractivity contribution in [3.8, 4) is 22.1 Å². The number of carbonyl (C=O) groups is 1. The SMILES string of the molecule is COc1ccc(-c2nc(C(=O)Nc3ccn(C)n3)cs2)cc1OC. The first-order valence-electron chi connectivity index (χ1n) is 7.09. The van der Waals surface area contributed by atoms with Gasteiger partial charge in [-0.2, -0.15) is 5.10 Å². The molecule has 0 fully saturated rings. The van der Waals surface area contributed by atoms with Crippen LogP contribution in [0.5, 0.6) is 11.5 Å². The number of rotatable bonds is 5. The molecule has 3 rings (SSSR count). The number of hydrogen-bond donors (Lipinski definition) is 1. The number of benzene rings is 1. The van der Waals surface area contributed by atoms with Crippen molar-refractivity contribution in [3.63, 3.8) is 0 Å². The summed E-state index contributed by atoms with van der Waals surface area (Å²) in [5, 5.41) is 9.26. The normalized spacial score (nSPS) is 10.5. The number of amides is 1. The smallest absolute Gasteiger partial charge is 0.276 e. The maximum Gasteiger partial charge on any atom is 0.276 e. The fourth-order valence-corrected chi connectivity index (χ4v) is 2.94. The molecule has 3 aromatic rings. The van der Waals surface area contributed by atoms with Crippen LogP contribution in [-0.4, -0.2) is 34.9 Å². The molecule has 0 unspecified atom stereocenters. The average Bonchev–Trinajstić information content (AvgIpc) is 3.23. The number of nitrogens with one attached hydrogen (secondary N) is 1. The van der Waals surface area contributed by atoms with E-state index in [2.05, 4.69) is 15.4 Å². The Bertz CT molecular complexity index is 872. The van der Waals surface area contributed by atoms with Crippen molar-refractivity contribution >= 4 is 23.1 Å². The molecule has 1 N–H and O–H groups in total. The number of aromatic nitrogens is 3. The zero-order valence-electron chi connectivity index (χ0n) is 13.4. The van der Waals surface area contributed by atoms with Crippen LogP contribution < -0.4 is 14.8 Å². The molecule has 1 aromatic carbocycles. The van der Waals surface area contributed by atoms with Gasteiger partial charge in [0.25, 0.3) is 5.91 Å². The van der Waals surface area contributed by atoms with E-state index in [1.54, 1.807) is 43.6 Å². The number of aryl methyl sites for hydroxylation is 1. The lowest BCUT2D eigenvalue weighted by molar-refractivity contribution is 0.102. The molecule has 0 bridgehead atoms. The number of methoxy groups -OCH3 is 2. The highest BCUT2D eigenvalue weighted by Gasteiger charge is 2.14. The van der Waals surface area contributed by atoms with Crippen LogP contribution in [0.15, 0.2) is 35.8 Å². The topological polar surface area (TPSA) is 78.3 Å². The fraction of sp³-hybridized carbons (Fsp3) is 0.188. The number of nitrogens with zero attached hydrogens (tertiary/aromatic N) is 3. The zero-order valence-corrected chi connectivity index (χ0v) is 14.3. The molecular weight excluding hydrogens is 328 g/mol. The molecule has 24 heavy (non-hydrogen) atoms. The van der Waals surface area contributed by atoms with Crippen LogP contribution in [0.3, 0.4) is 0 Å². The van der Waals surface area contributed by atoms with Crippen LogP contribution in [0.4, 0.5) is 5.82 Å². The van der Waals surface area contributed by atoms with Gasteiger partial charge in [-0.25, -0.2) is 4.98 Å². The molecule has 0 aliphatic carbocycles. The number of thiazole rings is 1. The van der Waals surface area contributed by atoms with Crippen LogP contribution in [0.2, 0.25) is 0 Å². The van der Waals surface area contributed by atoms with Crippen LogP contribution in [-0.2, 0) is 7.05 Å². The van der Waals surface area contributed by atoms with Gasteiger partial charge in [0.2, 0.25) is 0 Å². The van der Waals surface area contributed by atoms with E-state index in [9.17, 15) is 4.79 Å². The summed E-state index contributed by atoms with van der Waals surface area (Å²) < 4.78 is 12.1. The van der Waals surface area contributed by atoms with Crippen molar-refractivity contribution in [2.45, 2.75) is 0 Å². The molecule has 124 valence electrons. The minimum atomic E-state index is -0.295. The lowest BCUT2D eigenvalue weighted by atomic mass is 10.2. The molecule has 8 heteroatoms. The van der Waals surface area contributed by atoms with Gasteiger partial charge < -0.3 is 14.8 Å².